The monoisotopic (exact) mass is 219 g/mol. The average Bonchev–Trinajstić information content (AvgIpc) is 2.77. The number of rotatable bonds is 2. The molecular formula is C12H13NO3. The highest BCUT2D eigenvalue weighted by molar-refractivity contribution is 5.80. The van der Waals surface area contributed by atoms with E-state index in [1.807, 2.05) is 31.2 Å². The summed E-state index contributed by atoms with van der Waals surface area (Å²) in [4.78, 5) is 15.5. The van der Waals surface area contributed by atoms with Crippen LogP contribution in [-0.2, 0) is 14.3 Å². The molecule has 16 heavy (non-hydrogen) atoms. The summed E-state index contributed by atoms with van der Waals surface area (Å²) in [7, 11) is 1.35. The number of methoxy groups -OCH3 is 1. The van der Waals surface area contributed by atoms with Crippen LogP contribution < -0.4 is 0 Å². The number of aliphatic imine (C=N–C) groups is 1. The second-order valence-electron chi connectivity index (χ2n) is 3.64. The third-order valence-electron chi connectivity index (χ3n) is 2.65. The van der Waals surface area contributed by atoms with Gasteiger partial charge in [-0.1, -0.05) is 24.3 Å². The predicted octanol–water partition coefficient (Wildman–Crippen LogP) is 1.64. The van der Waals surface area contributed by atoms with E-state index in [0.717, 1.165) is 11.1 Å². The van der Waals surface area contributed by atoms with E-state index in [1.54, 1.807) is 0 Å². The highest BCUT2D eigenvalue weighted by Gasteiger charge is 2.35. The van der Waals surface area contributed by atoms with Crippen LogP contribution >= 0.6 is 0 Å². The maximum absolute atomic E-state index is 11.5. The molecule has 0 aromatic heterocycles. The molecule has 0 saturated carbocycles. The Morgan fingerprint density at radius 3 is 2.88 bits per heavy atom. The maximum Gasteiger partial charge on any atom is 0.334 e. The Morgan fingerprint density at radius 1 is 1.44 bits per heavy atom. The van der Waals surface area contributed by atoms with Crippen LogP contribution in [0.4, 0.5) is 0 Å². The number of aryl methyl sites for hydroxylation is 1. The third kappa shape index (κ3) is 1.78. The fourth-order valence-corrected chi connectivity index (χ4v) is 1.77. The Bertz CT molecular complexity index is 428. The normalized spacial score (nSPS) is 22.9. The van der Waals surface area contributed by atoms with Crippen LogP contribution in [0, 0.1) is 6.92 Å². The lowest BCUT2D eigenvalue weighted by Crippen LogP contribution is -2.25. The SMILES string of the molecule is COC(=O)[C@H]1N=CO[C@H]1c1ccccc1C. The van der Waals surface area contributed by atoms with E-state index >= 15 is 0 Å². The number of benzene rings is 1. The highest BCUT2D eigenvalue weighted by Crippen LogP contribution is 2.29. The zero-order valence-electron chi connectivity index (χ0n) is 9.21. The summed E-state index contributed by atoms with van der Waals surface area (Å²) >= 11 is 0. The van der Waals surface area contributed by atoms with Crippen molar-refractivity contribution in [2.75, 3.05) is 7.11 Å². The van der Waals surface area contributed by atoms with Gasteiger partial charge < -0.3 is 9.47 Å². The number of carbonyl (C=O) groups excluding carboxylic acids is 1. The molecule has 0 radical (unpaired) electrons. The van der Waals surface area contributed by atoms with Crippen molar-refractivity contribution < 1.29 is 14.3 Å². The number of hydrogen-bond donors (Lipinski definition) is 0. The van der Waals surface area contributed by atoms with E-state index in [4.69, 9.17) is 9.47 Å². The number of ether oxygens (including phenoxy) is 2. The van der Waals surface area contributed by atoms with Gasteiger partial charge in [-0.25, -0.2) is 9.79 Å². The fourth-order valence-electron chi connectivity index (χ4n) is 1.77. The molecule has 4 nitrogen and oxygen atoms in total. The summed E-state index contributed by atoms with van der Waals surface area (Å²) in [6, 6.07) is 7.18. The average molecular weight is 219 g/mol. The van der Waals surface area contributed by atoms with Gasteiger partial charge in [0.25, 0.3) is 0 Å². The lowest BCUT2D eigenvalue weighted by molar-refractivity contribution is -0.143. The van der Waals surface area contributed by atoms with Gasteiger partial charge in [-0.05, 0) is 18.1 Å². The molecule has 2 atom stereocenters. The van der Waals surface area contributed by atoms with Gasteiger partial charge in [0.05, 0.1) is 7.11 Å². The third-order valence-corrected chi connectivity index (χ3v) is 2.65. The molecule has 0 unspecified atom stereocenters. The minimum atomic E-state index is -0.592. The highest BCUT2D eigenvalue weighted by atomic mass is 16.5. The molecule has 0 aliphatic carbocycles. The Labute approximate surface area is 93.9 Å². The van der Waals surface area contributed by atoms with Crippen molar-refractivity contribution in [3.8, 4) is 0 Å². The van der Waals surface area contributed by atoms with Crippen molar-refractivity contribution in [2.45, 2.75) is 19.1 Å². The van der Waals surface area contributed by atoms with Crippen LogP contribution in [0.25, 0.3) is 0 Å². The molecule has 0 fully saturated rings. The second-order valence-corrected chi connectivity index (χ2v) is 3.64. The van der Waals surface area contributed by atoms with Crippen molar-refractivity contribution in [3.05, 3.63) is 35.4 Å². The lowest BCUT2D eigenvalue weighted by atomic mass is 9.98. The molecule has 84 valence electrons. The van der Waals surface area contributed by atoms with Crippen molar-refractivity contribution in [3.63, 3.8) is 0 Å². The van der Waals surface area contributed by atoms with Crippen molar-refractivity contribution in [2.24, 2.45) is 4.99 Å². The van der Waals surface area contributed by atoms with Gasteiger partial charge in [0, 0.05) is 0 Å². The quantitative estimate of drug-likeness (QED) is 0.710. The van der Waals surface area contributed by atoms with Crippen LogP contribution in [0.3, 0.4) is 0 Å². The first-order valence-electron chi connectivity index (χ1n) is 5.04. The van der Waals surface area contributed by atoms with E-state index in [-0.39, 0.29) is 12.1 Å². The van der Waals surface area contributed by atoms with Gasteiger partial charge in [-0.2, -0.15) is 0 Å². The van der Waals surface area contributed by atoms with Crippen molar-refractivity contribution >= 4 is 12.4 Å². The number of esters is 1. The molecule has 0 bridgehead atoms. The molecule has 1 aromatic carbocycles. The maximum atomic E-state index is 11.5. The number of hydrogen-bond acceptors (Lipinski definition) is 4. The Hall–Kier alpha value is -1.84. The summed E-state index contributed by atoms with van der Waals surface area (Å²) in [6.07, 6.45) is 0.951. The summed E-state index contributed by atoms with van der Waals surface area (Å²) < 4.78 is 10.1. The molecule has 0 spiro atoms. The largest absolute Gasteiger partial charge is 0.473 e. The van der Waals surface area contributed by atoms with E-state index in [1.165, 1.54) is 13.5 Å². The minimum absolute atomic E-state index is 0.367. The topological polar surface area (TPSA) is 47.9 Å². The number of carbonyl (C=O) groups is 1. The van der Waals surface area contributed by atoms with Crippen LogP contribution in [0.1, 0.15) is 17.2 Å². The molecule has 0 amide bonds. The molecule has 1 aliphatic heterocycles. The van der Waals surface area contributed by atoms with E-state index in [0.29, 0.717) is 0 Å². The van der Waals surface area contributed by atoms with Crippen molar-refractivity contribution in [1.29, 1.82) is 0 Å². The summed E-state index contributed by atoms with van der Waals surface area (Å²) in [5.74, 6) is -0.373. The first kappa shape index (κ1) is 10.7. The Morgan fingerprint density at radius 2 is 2.19 bits per heavy atom. The van der Waals surface area contributed by atoms with Gasteiger partial charge in [-0.3, -0.25) is 0 Å². The minimum Gasteiger partial charge on any atom is -0.473 e. The molecule has 1 aliphatic rings. The first-order chi connectivity index (χ1) is 7.74. The summed E-state index contributed by atoms with van der Waals surface area (Å²) in [5, 5.41) is 0. The van der Waals surface area contributed by atoms with Gasteiger partial charge in [0.2, 0.25) is 0 Å². The lowest BCUT2D eigenvalue weighted by Gasteiger charge is -2.17. The Balaban J connectivity index is 2.28. The Kier molecular flexibility index (Phi) is 2.90. The van der Waals surface area contributed by atoms with Crippen LogP contribution in [-0.4, -0.2) is 25.5 Å². The van der Waals surface area contributed by atoms with Crippen LogP contribution in [0.15, 0.2) is 29.3 Å². The predicted molar refractivity (Wildman–Crippen MR) is 59.3 cm³/mol. The second kappa shape index (κ2) is 4.35. The summed E-state index contributed by atoms with van der Waals surface area (Å²) in [6.45, 7) is 1.98. The van der Waals surface area contributed by atoms with Crippen LogP contribution in [0.5, 0.6) is 0 Å². The molecule has 1 aromatic rings. The first-order valence-corrected chi connectivity index (χ1v) is 5.04. The zero-order chi connectivity index (χ0) is 11.5. The summed E-state index contributed by atoms with van der Waals surface area (Å²) in [5.41, 5.74) is 2.04. The van der Waals surface area contributed by atoms with Crippen LogP contribution in [0.2, 0.25) is 0 Å². The van der Waals surface area contributed by atoms with E-state index < -0.39 is 6.04 Å². The number of nitrogens with zero attached hydrogens (tertiary/aromatic N) is 1. The van der Waals surface area contributed by atoms with Crippen molar-refractivity contribution in [1.82, 2.24) is 0 Å². The molecule has 0 N–H and O–H groups in total. The standard InChI is InChI=1S/C12H13NO3/c1-8-5-3-4-6-9(8)11-10(12(14)15-2)13-7-16-11/h3-7,10-11H,1-2H3/t10-,11-/m0/s1. The van der Waals surface area contributed by atoms with Gasteiger partial charge in [0.1, 0.15) is 0 Å². The van der Waals surface area contributed by atoms with Gasteiger partial charge >= 0.3 is 5.97 Å². The molecule has 4 heteroatoms. The zero-order valence-corrected chi connectivity index (χ0v) is 9.21. The van der Waals surface area contributed by atoms with Gasteiger partial charge in [-0.15, -0.1) is 0 Å². The molecular weight excluding hydrogens is 206 g/mol. The molecule has 2 rings (SSSR count). The molecule has 1 heterocycles. The molecule has 0 saturated heterocycles. The van der Waals surface area contributed by atoms with E-state index in [2.05, 4.69) is 4.99 Å². The van der Waals surface area contributed by atoms with E-state index in [9.17, 15) is 4.79 Å². The fraction of sp³-hybridized carbons (Fsp3) is 0.333. The smallest absolute Gasteiger partial charge is 0.334 e. The van der Waals surface area contributed by atoms with Gasteiger partial charge in [0.15, 0.2) is 18.5 Å².